The number of carboxylic acids is 1. The molecular formula is C15H17NO3. The van der Waals surface area contributed by atoms with Crippen molar-refractivity contribution in [3.63, 3.8) is 0 Å². The first-order chi connectivity index (χ1) is 9.15. The van der Waals surface area contributed by atoms with Crippen LogP contribution in [0.5, 0.6) is 5.75 Å². The Bertz CT molecular complexity index is 517. The van der Waals surface area contributed by atoms with E-state index in [0.717, 1.165) is 17.0 Å². The number of aromatic amines is 1. The van der Waals surface area contributed by atoms with E-state index in [2.05, 4.69) is 4.98 Å². The molecule has 1 aromatic heterocycles. The van der Waals surface area contributed by atoms with E-state index in [-0.39, 0.29) is 12.5 Å². The number of ether oxygens (including phenoxy) is 1. The van der Waals surface area contributed by atoms with Gasteiger partial charge in [0.25, 0.3) is 0 Å². The molecule has 2 N–H and O–H groups in total. The molecule has 0 bridgehead atoms. The van der Waals surface area contributed by atoms with Crippen molar-refractivity contribution in [3.05, 3.63) is 53.9 Å². The Morgan fingerprint density at radius 3 is 2.63 bits per heavy atom. The molecular weight excluding hydrogens is 242 g/mol. The maximum atomic E-state index is 10.5. The number of rotatable bonds is 6. The maximum absolute atomic E-state index is 10.5. The van der Waals surface area contributed by atoms with Gasteiger partial charge >= 0.3 is 5.97 Å². The quantitative estimate of drug-likeness (QED) is 0.837. The van der Waals surface area contributed by atoms with Crippen molar-refractivity contribution in [2.45, 2.75) is 25.9 Å². The number of hydrogen-bond acceptors (Lipinski definition) is 2. The van der Waals surface area contributed by atoms with Crippen molar-refractivity contribution >= 4 is 5.97 Å². The summed E-state index contributed by atoms with van der Waals surface area (Å²) >= 11 is 0. The van der Waals surface area contributed by atoms with Gasteiger partial charge in [-0.25, -0.2) is 0 Å². The monoisotopic (exact) mass is 259 g/mol. The Hall–Kier alpha value is -2.23. The highest BCUT2D eigenvalue weighted by molar-refractivity contribution is 5.67. The third-order valence-electron chi connectivity index (χ3n) is 2.92. The van der Waals surface area contributed by atoms with Crippen LogP contribution in [0.4, 0.5) is 0 Å². The number of benzene rings is 1. The molecule has 0 aliphatic rings. The summed E-state index contributed by atoms with van der Waals surface area (Å²) in [5.41, 5.74) is 2.03. The van der Waals surface area contributed by atoms with E-state index in [9.17, 15) is 4.79 Å². The van der Waals surface area contributed by atoms with Crippen LogP contribution >= 0.6 is 0 Å². The highest BCUT2D eigenvalue weighted by Gasteiger charge is 2.07. The molecule has 0 radical (unpaired) electrons. The topological polar surface area (TPSA) is 62.3 Å². The first-order valence-electron chi connectivity index (χ1n) is 6.26. The summed E-state index contributed by atoms with van der Waals surface area (Å²) in [5, 5.41) is 8.63. The van der Waals surface area contributed by atoms with Crippen LogP contribution in [0.3, 0.4) is 0 Å². The fourth-order valence-electron chi connectivity index (χ4n) is 1.85. The molecule has 0 saturated carbocycles. The first kappa shape index (κ1) is 13.2. The predicted octanol–water partition coefficient (Wildman–Crippen LogP) is 3.17. The Kier molecular flexibility index (Phi) is 4.23. The van der Waals surface area contributed by atoms with Crippen LogP contribution in [-0.4, -0.2) is 16.1 Å². The predicted molar refractivity (Wildman–Crippen MR) is 72.2 cm³/mol. The van der Waals surface area contributed by atoms with E-state index in [1.807, 2.05) is 49.5 Å². The summed E-state index contributed by atoms with van der Waals surface area (Å²) in [4.78, 5) is 13.6. The molecule has 0 saturated heterocycles. The molecule has 19 heavy (non-hydrogen) atoms. The molecule has 0 aliphatic heterocycles. The van der Waals surface area contributed by atoms with Gasteiger partial charge in [-0.05, 0) is 43.2 Å². The lowest BCUT2D eigenvalue weighted by Crippen LogP contribution is -2.03. The highest BCUT2D eigenvalue weighted by atomic mass is 16.5. The molecule has 100 valence electrons. The Morgan fingerprint density at radius 2 is 2.05 bits per heavy atom. The number of nitrogens with one attached hydrogen (secondary N) is 1. The standard InChI is InChI=1S/C15H17NO3/c1-11(14-3-2-10-16-14)19-13-7-4-12(5-8-13)6-9-15(17)18/h2-5,7-8,10-11,16H,6,9H2,1H3,(H,17,18). The minimum Gasteiger partial charge on any atom is -0.485 e. The summed E-state index contributed by atoms with van der Waals surface area (Å²) in [6.45, 7) is 1.98. The molecule has 2 rings (SSSR count). The fourth-order valence-corrected chi connectivity index (χ4v) is 1.85. The number of carboxylic acid groups (broad SMARTS) is 1. The summed E-state index contributed by atoms with van der Waals surface area (Å²) in [5.74, 6) is 0.00173. The molecule has 4 nitrogen and oxygen atoms in total. The van der Waals surface area contributed by atoms with E-state index in [0.29, 0.717) is 6.42 Å². The third kappa shape index (κ3) is 3.88. The molecule has 0 spiro atoms. The van der Waals surface area contributed by atoms with Crippen LogP contribution in [0.1, 0.15) is 30.7 Å². The van der Waals surface area contributed by atoms with E-state index < -0.39 is 5.97 Å². The Balaban J connectivity index is 1.93. The average Bonchev–Trinajstić information content (AvgIpc) is 2.92. The smallest absolute Gasteiger partial charge is 0.303 e. The van der Waals surface area contributed by atoms with Crippen LogP contribution in [0.2, 0.25) is 0 Å². The van der Waals surface area contributed by atoms with Gasteiger partial charge < -0.3 is 14.8 Å². The van der Waals surface area contributed by atoms with E-state index in [1.165, 1.54) is 0 Å². The van der Waals surface area contributed by atoms with Gasteiger partial charge in [-0.2, -0.15) is 0 Å². The Labute approximate surface area is 112 Å². The van der Waals surface area contributed by atoms with Gasteiger partial charge in [0.05, 0.1) is 5.69 Å². The zero-order chi connectivity index (χ0) is 13.7. The first-order valence-corrected chi connectivity index (χ1v) is 6.26. The van der Waals surface area contributed by atoms with Gasteiger partial charge in [0.1, 0.15) is 11.9 Å². The summed E-state index contributed by atoms with van der Waals surface area (Å²) in [7, 11) is 0. The van der Waals surface area contributed by atoms with Crippen molar-refractivity contribution < 1.29 is 14.6 Å². The number of carbonyl (C=O) groups is 1. The fraction of sp³-hybridized carbons (Fsp3) is 0.267. The molecule has 0 fully saturated rings. The van der Waals surface area contributed by atoms with Crippen LogP contribution in [0.25, 0.3) is 0 Å². The minimum absolute atomic E-state index is 0.0418. The minimum atomic E-state index is -0.777. The number of aliphatic carboxylic acids is 1. The van der Waals surface area contributed by atoms with Crippen LogP contribution in [-0.2, 0) is 11.2 Å². The summed E-state index contributed by atoms with van der Waals surface area (Å²) in [6.07, 6.45) is 2.52. The number of H-pyrrole nitrogens is 1. The van der Waals surface area contributed by atoms with Gasteiger partial charge in [-0.15, -0.1) is 0 Å². The second-order valence-corrected chi connectivity index (χ2v) is 4.42. The zero-order valence-electron chi connectivity index (χ0n) is 10.8. The van der Waals surface area contributed by atoms with E-state index >= 15 is 0 Å². The maximum Gasteiger partial charge on any atom is 0.303 e. The van der Waals surface area contributed by atoms with Crippen LogP contribution in [0, 0.1) is 0 Å². The molecule has 1 unspecified atom stereocenters. The summed E-state index contributed by atoms with van der Waals surface area (Å²) < 4.78 is 5.79. The van der Waals surface area contributed by atoms with Crippen molar-refractivity contribution in [2.75, 3.05) is 0 Å². The second kappa shape index (κ2) is 6.09. The molecule has 1 aromatic carbocycles. The van der Waals surface area contributed by atoms with Crippen LogP contribution < -0.4 is 4.74 Å². The molecule has 4 heteroatoms. The average molecular weight is 259 g/mol. The lowest BCUT2D eigenvalue weighted by molar-refractivity contribution is -0.136. The molecule has 0 amide bonds. The van der Waals surface area contributed by atoms with Crippen LogP contribution in [0.15, 0.2) is 42.6 Å². The highest BCUT2D eigenvalue weighted by Crippen LogP contribution is 2.21. The van der Waals surface area contributed by atoms with Gasteiger partial charge in [-0.1, -0.05) is 12.1 Å². The summed E-state index contributed by atoms with van der Waals surface area (Å²) in [6, 6.07) is 11.5. The molecule has 0 aliphatic carbocycles. The normalized spacial score (nSPS) is 12.1. The van der Waals surface area contributed by atoms with Gasteiger partial charge in [0.2, 0.25) is 0 Å². The lowest BCUT2D eigenvalue weighted by Gasteiger charge is -2.13. The molecule has 1 atom stereocenters. The number of hydrogen-bond donors (Lipinski definition) is 2. The van der Waals surface area contributed by atoms with Crippen molar-refractivity contribution in [2.24, 2.45) is 0 Å². The van der Waals surface area contributed by atoms with E-state index in [1.54, 1.807) is 0 Å². The molecule has 2 aromatic rings. The number of aromatic nitrogens is 1. The Morgan fingerprint density at radius 1 is 1.32 bits per heavy atom. The molecule has 1 heterocycles. The van der Waals surface area contributed by atoms with Crippen molar-refractivity contribution in [1.29, 1.82) is 0 Å². The zero-order valence-corrected chi connectivity index (χ0v) is 10.8. The largest absolute Gasteiger partial charge is 0.485 e. The van der Waals surface area contributed by atoms with E-state index in [4.69, 9.17) is 9.84 Å². The van der Waals surface area contributed by atoms with Gasteiger partial charge in [0, 0.05) is 12.6 Å². The van der Waals surface area contributed by atoms with Crippen molar-refractivity contribution in [3.8, 4) is 5.75 Å². The van der Waals surface area contributed by atoms with Gasteiger partial charge in [0.15, 0.2) is 0 Å². The van der Waals surface area contributed by atoms with Gasteiger partial charge in [-0.3, -0.25) is 4.79 Å². The van der Waals surface area contributed by atoms with Crippen molar-refractivity contribution in [1.82, 2.24) is 4.98 Å². The third-order valence-corrected chi connectivity index (χ3v) is 2.92. The second-order valence-electron chi connectivity index (χ2n) is 4.42. The number of aryl methyl sites for hydroxylation is 1. The lowest BCUT2D eigenvalue weighted by atomic mass is 10.1. The SMILES string of the molecule is CC(Oc1ccc(CCC(=O)O)cc1)c1ccc[nH]1.